The maximum atomic E-state index is 12.9. The largest absolute Gasteiger partial charge is 0.416 e. The Morgan fingerprint density at radius 3 is 2.35 bits per heavy atom. The van der Waals surface area contributed by atoms with Gasteiger partial charge in [-0.1, -0.05) is 41.4 Å². The van der Waals surface area contributed by atoms with Crippen molar-refractivity contribution in [1.29, 1.82) is 0 Å². The van der Waals surface area contributed by atoms with Gasteiger partial charge >= 0.3 is 6.18 Å². The lowest BCUT2D eigenvalue weighted by Gasteiger charge is -2.08. The van der Waals surface area contributed by atoms with Gasteiger partial charge in [-0.25, -0.2) is 9.50 Å². The number of alkyl halides is 3. The van der Waals surface area contributed by atoms with Crippen LogP contribution in [0.25, 0.3) is 28.0 Å². The number of nitrogens with one attached hydrogen (secondary N) is 1. The van der Waals surface area contributed by atoms with Gasteiger partial charge in [0.05, 0.1) is 16.3 Å². The van der Waals surface area contributed by atoms with Crippen molar-refractivity contribution in [2.45, 2.75) is 24.9 Å². The highest BCUT2D eigenvalue weighted by Gasteiger charge is 2.32. The minimum Gasteiger partial charge on any atom is -0.293 e. The molecule has 4 nitrogen and oxygen atoms in total. The van der Waals surface area contributed by atoms with Crippen LogP contribution in [-0.2, 0) is 6.18 Å². The fraction of sp³-hybridized carbons (Fsp3) is 0.182. The summed E-state index contributed by atoms with van der Waals surface area (Å²) >= 11 is 12.5. The smallest absolute Gasteiger partial charge is 0.293 e. The predicted molar refractivity (Wildman–Crippen MR) is 114 cm³/mol. The van der Waals surface area contributed by atoms with Gasteiger partial charge in [-0.2, -0.15) is 13.2 Å². The van der Waals surface area contributed by atoms with Gasteiger partial charge < -0.3 is 0 Å². The summed E-state index contributed by atoms with van der Waals surface area (Å²) in [5, 5.41) is 4.05. The van der Waals surface area contributed by atoms with E-state index in [0.29, 0.717) is 32.4 Å². The first-order chi connectivity index (χ1) is 14.7. The zero-order valence-electron chi connectivity index (χ0n) is 15.8. The number of hydrogen-bond acceptors (Lipinski definition) is 2. The monoisotopic (exact) mass is 463 g/mol. The number of fused-ring (bicyclic) bond motifs is 1. The zero-order valence-corrected chi connectivity index (χ0v) is 17.3. The second kappa shape index (κ2) is 7.14. The summed E-state index contributed by atoms with van der Waals surface area (Å²) in [5.41, 5.74) is 2.19. The highest BCUT2D eigenvalue weighted by atomic mass is 35.5. The first-order valence-electron chi connectivity index (χ1n) is 9.51. The molecule has 0 amide bonds. The quantitative estimate of drug-likeness (QED) is 0.374. The van der Waals surface area contributed by atoms with E-state index in [9.17, 15) is 18.0 Å². The van der Waals surface area contributed by atoms with Crippen molar-refractivity contribution in [3.05, 3.63) is 80.2 Å². The standard InChI is InChI=1S/C22H14Cl2F3N3O/c23-14-7-8-15(16(24)9-14)19-20(12-1-2-12)29-30-18(31)10-17(28-21(19)30)11-3-5-13(6-4-11)22(25,26)27/h3-10,12,29H,1-2H2. The minimum absolute atomic E-state index is 0.261. The maximum Gasteiger partial charge on any atom is 0.416 e. The highest BCUT2D eigenvalue weighted by molar-refractivity contribution is 6.36. The van der Waals surface area contributed by atoms with Crippen molar-refractivity contribution < 1.29 is 13.2 Å². The highest BCUT2D eigenvalue weighted by Crippen LogP contribution is 2.46. The van der Waals surface area contributed by atoms with E-state index in [4.69, 9.17) is 23.2 Å². The third kappa shape index (κ3) is 3.62. The van der Waals surface area contributed by atoms with Crippen LogP contribution in [0.15, 0.2) is 53.3 Å². The Morgan fingerprint density at radius 1 is 1.03 bits per heavy atom. The lowest BCUT2D eigenvalue weighted by molar-refractivity contribution is -0.137. The fourth-order valence-corrected chi connectivity index (χ4v) is 4.16. The van der Waals surface area contributed by atoms with E-state index in [1.54, 1.807) is 18.2 Å². The molecule has 0 aliphatic heterocycles. The minimum atomic E-state index is -4.44. The van der Waals surface area contributed by atoms with Crippen LogP contribution in [0.3, 0.4) is 0 Å². The lowest BCUT2D eigenvalue weighted by Crippen LogP contribution is -2.14. The number of rotatable bonds is 3. The molecule has 31 heavy (non-hydrogen) atoms. The van der Waals surface area contributed by atoms with Crippen LogP contribution < -0.4 is 5.56 Å². The van der Waals surface area contributed by atoms with Gasteiger partial charge in [-0.05, 0) is 37.1 Å². The van der Waals surface area contributed by atoms with Crippen molar-refractivity contribution in [3.8, 4) is 22.4 Å². The van der Waals surface area contributed by atoms with E-state index >= 15 is 0 Å². The molecule has 0 radical (unpaired) electrons. The van der Waals surface area contributed by atoms with Gasteiger partial charge in [-0.3, -0.25) is 9.89 Å². The van der Waals surface area contributed by atoms with Crippen molar-refractivity contribution in [2.75, 3.05) is 0 Å². The summed E-state index contributed by atoms with van der Waals surface area (Å²) in [4.78, 5) is 17.5. The van der Waals surface area contributed by atoms with Crippen LogP contribution >= 0.6 is 23.2 Å². The van der Waals surface area contributed by atoms with Crippen LogP contribution in [0.1, 0.15) is 30.0 Å². The second-order valence-electron chi connectivity index (χ2n) is 7.51. The first-order valence-corrected chi connectivity index (χ1v) is 10.3. The Labute approximate surface area is 184 Å². The van der Waals surface area contributed by atoms with Gasteiger partial charge in [-0.15, -0.1) is 0 Å². The van der Waals surface area contributed by atoms with E-state index in [0.717, 1.165) is 30.7 Å². The van der Waals surface area contributed by atoms with Crippen molar-refractivity contribution in [3.63, 3.8) is 0 Å². The van der Waals surface area contributed by atoms with Crippen LogP contribution in [0, 0.1) is 0 Å². The molecular formula is C22H14Cl2F3N3O. The van der Waals surface area contributed by atoms with Crippen molar-refractivity contribution in [2.24, 2.45) is 0 Å². The topological polar surface area (TPSA) is 50.2 Å². The van der Waals surface area contributed by atoms with Gasteiger partial charge in [0.1, 0.15) is 0 Å². The van der Waals surface area contributed by atoms with Crippen molar-refractivity contribution in [1.82, 2.24) is 14.6 Å². The maximum absolute atomic E-state index is 12.9. The summed E-state index contributed by atoms with van der Waals surface area (Å²) in [6.07, 6.45) is -2.48. The number of benzene rings is 2. The van der Waals surface area contributed by atoms with E-state index in [-0.39, 0.29) is 17.2 Å². The van der Waals surface area contributed by atoms with Crippen LogP contribution in [0.5, 0.6) is 0 Å². The Kier molecular flexibility index (Phi) is 4.64. The number of aromatic nitrogens is 3. The Balaban J connectivity index is 1.72. The SMILES string of the molecule is O=c1cc(-c2ccc(C(F)(F)F)cc2)nc2c(-c3ccc(Cl)cc3Cl)c(C3CC3)[nH]n12. The second-order valence-corrected chi connectivity index (χ2v) is 8.36. The zero-order chi connectivity index (χ0) is 21.9. The molecule has 0 unspecified atom stereocenters. The van der Waals surface area contributed by atoms with Gasteiger partial charge in [0.25, 0.3) is 5.56 Å². The van der Waals surface area contributed by atoms with Gasteiger partial charge in [0.2, 0.25) is 0 Å². The normalized spacial score (nSPS) is 14.4. The van der Waals surface area contributed by atoms with Crippen LogP contribution in [0.4, 0.5) is 13.2 Å². The Hall–Kier alpha value is -2.77. The fourth-order valence-electron chi connectivity index (χ4n) is 3.66. The lowest BCUT2D eigenvalue weighted by atomic mass is 10.0. The van der Waals surface area contributed by atoms with Gasteiger partial charge in [0.15, 0.2) is 5.65 Å². The molecule has 1 N–H and O–H groups in total. The van der Waals surface area contributed by atoms with E-state index < -0.39 is 11.7 Å². The Bertz CT molecular complexity index is 1370. The molecule has 1 aliphatic rings. The molecule has 158 valence electrons. The molecular weight excluding hydrogens is 450 g/mol. The molecule has 9 heteroatoms. The third-order valence-electron chi connectivity index (χ3n) is 5.34. The van der Waals surface area contributed by atoms with Gasteiger partial charge in [0, 0.05) is 39.4 Å². The van der Waals surface area contributed by atoms with E-state index in [1.807, 2.05) is 0 Å². The molecule has 1 fully saturated rings. The Morgan fingerprint density at radius 2 is 1.74 bits per heavy atom. The summed E-state index contributed by atoms with van der Waals surface area (Å²) in [6.45, 7) is 0. The molecule has 1 aliphatic carbocycles. The summed E-state index contributed by atoms with van der Waals surface area (Å²) in [7, 11) is 0. The molecule has 0 saturated heterocycles. The summed E-state index contributed by atoms with van der Waals surface area (Å²) in [5.74, 6) is 0.261. The molecule has 0 atom stereocenters. The van der Waals surface area contributed by atoms with E-state index in [1.165, 1.54) is 22.7 Å². The molecule has 2 aromatic heterocycles. The van der Waals surface area contributed by atoms with Crippen LogP contribution in [-0.4, -0.2) is 14.6 Å². The number of halogens is 5. The average Bonchev–Trinajstić information content (AvgIpc) is 3.49. The molecule has 0 spiro atoms. The number of hydrogen-bond donors (Lipinski definition) is 1. The molecule has 0 bridgehead atoms. The molecule has 2 aromatic carbocycles. The van der Waals surface area contributed by atoms with E-state index in [2.05, 4.69) is 10.1 Å². The molecule has 5 rings (SSSR count). The number of nitrogens with zero attached hydrogens (tertiary/aromatic N) is 2. The van der Waals surface area contributed by atoms with Crippen molar-refractivity contribution >= 4 is 28.8 Å². The molecule has 1 saturated carbocycles. The molecule has 2 heterocycles. The number of H-pyrrole nitrogens is 1. The van der Waals surface area contributed by atoms with Crippen LogP contribution in [0.2, 0.25) is 10.0 Å². The summed E-state index contributed by atoms with van der Waals surface area (Å²) < 4.78 is 40.0. The number of aromatic amines is 1. The first kappa shape index (κ1) is 20.2. The summed E-state index contributed by atoms with van der Waals surface area (Å²) in [6, 6.07) is 11.0. The average molecular weight is 464 g/mol. The third-order valence-corrected chi connectivity index (χ3v) is 5.89. The predicted octanol–water partition coefficient (Wildman–Crippen LogP) is 6.56. The molecule has 4 aromatic rings.